The predicted octanol–water partition coefficient (Wildman–Crippen LogP) is 6.49. The maximum Gasteiger partial charge on any atom is 0.295 e. The molecule has 3 aromatic carbocycles. The van der Waals surface area contributed by atoms with Crippen LogP contribution < -0.4 is 5.73 Å². The van der Waals surface area contributed by atoms with Crippen molar-refractivity contribution in [2.45, 2.75) is 31.1 Å². The van der Waals surface area contributed by atoms with Gasteiger partial charge in [-0.15, -0.1) is 10.2 Å². The Morgan fingerprint density at radius 2 is 1.70 bits per heavy atom. The van der Waals surface area contributed by atoms with Gasteiger partial charge in [-0.2, -0.15) is 8.42 Å². The number of unbranched alkanes of at least 4 members (excludes halogenated alkanes) is 1. The molecule has 0 atom stereocenters. The number of fused-ring (bicyclic) bond motifs is 1. The maximum atomic E-state index is 11.9. The zero-order valence-corrected chi connectivity index (χ0v) is 19.0. The number of rotatable bonds is 7. The summed E-state index contributed by atoms with van der Waals surface area (Å²) in [4.78, 5) is 4.19. The summed E-state index contributed by atoms with van der Waals surface area (Å²) in [7, 11) is -4.47. The molecule has 0 saturated heterocycles. The van der Waals surface area contributed by atoms with E-state index in [0.717, 1.165) is 17.7 Å². The summed E-state index contributed by atoms with van der Waals surface area (Å²) in [6, 6.07) is 19.8. The molecule has 4 aromatic rings. The molecule has 0 radical (unpaired) electrons. The Morgan fingerprint density at radius 3 is 2.33 bits per heavy atom. The van der Waals surface area contributed by atoms with Crippen molar-refractivity contribution >= 4 is 38.0 Å². The molecule has 4 rings (SSSR count). The fourth-order valence-electron chi connectivity index (χ4n) is 3.60. The van der Waals surface area contributed by atoms with Crippen LogP contribution in [-0.2, 0) is 16.5 Å². The number of benzene rings is 3. The van der Waals surface area contributed by atoms with Crippen LogP contribution in [0.15, 0.2) is 88.1 Å². The van der Waals surface area contributed by atoms with Crippen LogP contribution in [0, 0.1) is 0 Å². The third-order valence-corrected chi connectivity index (χ3v) is 6.29. The van der Waals surface area contributed by atoms with Crippen molar-refractivity contribution in [2.24, 2.45) is 10.2 Å². The second-order valence-electron chi connectivity index (χ2n) is 7.73. The molecule has 8 heteroatoms. The molecule has 1 aromatic heterocycles. The largest absolute Gasteiger partial charge is 0.396 e. The second-order valence-corrected chi connectivity index (χ2v) is 9.12. The first kappa shape index (κ1) is 22.6. The molecule has 0 unspecified atom stereocenters. The van der Waals surface area contributed by atoms with Crippen LogP contribution in [0.1, 0.15) is 25.3 Å². The second kappa shape index (κ2) is 9.48. The lowest BCUT2D eigenvalue weighted by Crippen LogP contribution is -2.01. The summed E-state index contributed by atoms with van der Waals surface area (Å²) in [5.74, 6) is 0. The molecular formula is C25H24N4O3S. The van der Waals surface area contributed by atoms with E-state index in [0.29, 0.717) is 16.5 Å². The number of nitrogen functional groups attached to an aromatic ring is 1. The smallest absolute Gasteiger partial charge is 0.295 e. The van der Waals surface area contributed by atoms with E-state index in [2.05, 4.69) is 46.4 Å². The van der Waals surface area contributed by atoms with Crippen molar-refractivity contribution in [3.8, 4) is 11.3 Å². The van der Waals surface area contributed by atoms with E-state index in [1.807, 2.05) is 6.07 Å². The molecule has 0 spiro atoms. The lowest BCUT2D eigenvalue weighted by atomic mass is 10.0. The highest BCUT2D eigenvalue weighted by Crippen LogP contribution is 2.36. The zero-order valence-electron chi connectivity index (χ0n) is 18.1. The highest BCUT2D eigenvalue weighted by Gasteiger charge is 2.18. The number of nitrogens with two attached hydrogens (primary N) is 1. The lowest BCUT2D eigenvalue weighted by molar-refractivity contribution is 0.484. The van der Waals surface area contributed by atoms with Crippen LogP contribution in [0.2, 0.25) is 0 Å². The van der Waals surface area contributed by atoms with Crippen LogP contribution in [0.4, 0.5) is 17.1 Å². The molecule has 33 heavy (non-hydrogen) atoms. The van der Waals surface area contributed by atoms with E-state index in [1.165, 1.54) is 24.5 Å². The molecule has 0 amide bonds. The van der Waals surface area contributed by atoms with Crippen molar-refractivity contribution in [1.82, 2.24) is 4.98 Å². The molecule has 1 heterocycles. The molecule has 0 fully saturated rings. The van der Waals surface area contributed by atoms with E-state index >= 15 is 0 Å². The van der Waals surface area contributed by atoms with Gasteiger partial charge in [-0.05, 0) is 36.6 Å². The number of pyridine rings is 1. The van der Waals surface area contributed by atoms with Gasteiger partial charge in [0.15, 0.2) is 0 Å². The van der Waals surface area contributed by atoms with Crippen molar-refractivity contribution in [2.75, 3.05) is 5.73 Å². The Morgan fingerprint density at radius 1 is 0.970 bits per heavy atom. The van der Waals surface area contributed by atoms with Gasteiger partial charge in [0.25, 0.3) is 10.1 Å². The molecule has 7 nitrogen and oxygen atoms in total. The minimum atomic E-state index is -4.47. The quantitative estimate of drug-likeness (QED) is 0.186. The van der Waals surface area contributed by atoms with Gasteiger partial charge in [0, 0.05) is 16.3 Å². The van der Waals surface area contributed by atoms with Crippen LogP contribution in [0.3, 0.4) is 0 Å². The van der Waals surface area contributed by atoms with Crippen LogP contribution in [0.5, 0.6) is 0 Å². The van der Waals surface area contributed by atoms with Gasteiger partial charge < -0.3 is 5.73 Å². The summed E-state index contributed by atoms with van der Waals surface area (Å²) < 4.78 is 33.4. The van der Waals surface area contributed by atoms with E-state index in [9.17, 15) is 13.0 Å². The van der Waals surface area contributed by atoms with Gasteiger partial charge in [-0.3, -0.25) is 9.54 Å². The first-order valence-electron chi connectivity index (χ1n) is 10.6. The monoisotopic (exact) mass is 460 g/mol. The zero-order chi connectivity index (χ0) is 23.4. The maximum absolute atomic E-state index is 11.9. The Hall–Kier alpha value is -3.62. The molecule has 0 aliphatic carbocycles. The summed E-state index contributed by atoms with van der Waals surface area (Å²) in [5, 5.41) is 9.08. The fraction of sp³-hybridized carbons (Fsp3) is 0.160. The van der Waals surface area contributed by atoms with Gasteiger partial charge in [-0.25, -0.2) is 0 Å². The molecule has 0 aliphatic rings. The van der Waals surface area contributed by atoms with Crippen LogP contribution in [0.25, 0.3) is 22.0 Å². The van der Waals surface area contributed by atoms with E-state index in [-0.39, 0.29) is 16.3 Å². The molecular weight excluding hydrogens is 436 g/mol. The minimum Gasteiger partial charge on any atom is -0.396 e. The number of hydrogen-bond acceptors (Lipinski definition) is 6. The van der Waals surface area contributed by atoms with Crippen molar-refractivity contribution in [3.05, 3.63) is 78.5 Å². The van der Waals surface area contributed by atoms with Gasteiger partial charge in [0.05, 0.1) is 17.6 Å². The molecule has 0 saturated carbocycles. The van der Waals surface area contributed by atoms with E-state index < -0.39 is 10.1 Å². The summed E-state index contributed by atoms with van der Waals surface area (Å²) in [6.07, 6.45) is 5.00. The highest BCUT2D eigenvalue weighted by molar-refractivity contribution is 7.86. The lowest BCUT2D eigenvalue weighted by Gasteiger charge is -2.09. The Kier molecular flexibility index (Phi) is 6.48. The van der Waals surface area contributed by atoms with Gasteiger partial charge in [0.2, 0.25) is 0 Å². The number of hydrogen-bond donors (Lipinski definition) is 2. The molecule has 0 aliphatic heterocycles. The number of aromatic nitrogens is 1. The normalized spacial score (nSPS) is 11.9. The van der Waals surface area contributed by atoms with Crippen molar-refractivity contribution in [1.29, 1.82) is 0 Å². The van der Waals surface area contributed by atoms with Gasteiger partial charge >= 0.3 is 0 Å². The average molecular weight is 461 g/mol. The van der Waals surface area contributed by atoms with Crippen LogP contribution in [-0.4, -0.2) is 18.0 Å². The Balaban J connectivity index is 1.60. The topological polar surface area (TPSA) is 118 Å². The van der Waals surface area contributed by atoms with Gasteiger partial charge in [0.1, 0.15) is 16.3 Å². The van der Waals surface area contributed by atoms with E-state index in [4.69, 9.17) is 5.73 Å². The first-order valence-corrected chi connectivity index (χ1v) is 12.1. The fourth-order valence-corrected chi connectivity index (χ4v) is 4.31. The van der Waals surface area contributed by atoms with E-state index in [1.54, 1.807) is 36.5 Å². The highest BCUT2D eigenvalue weighted by atomic mass is 32.2. The number of aryl methyl sites for hydroxylation is 1. The summed E-state index contributed by atoms with van der Waals surface area (Å²) in [6.45, 7) is 2.18. The molecule has 168 valence electrons. The third kappa shape index (κ3) is 5.08. The van der Waals surface area contributed by atoms with Crippen molar-refractivity contribution < 1.29 is 13.0 Å². The predicted molar refractivity (Wildman–Crippen MR) is 131 cm³/mol. The number of azo groups is 1. The van der Waals surface area contributed by atoms with Crippen LogP contribution >= 0.6 is 0 Å². The van der Waals surface area contributed by atoms with Gasteiger partial charge in [-0.1, -0.05) is 61.9 Å². The first-order chi connectivity index (χ1) is 15.9. The molecule has 0 bridgehead atoms. The number of anilines is 1. The molecule has 3 N–H and O–H groups in total. The Bertz CT molecular complexity index is 1420. The summed E-state index contributed by atoms with van der Waals surface area (Å²) >= 11 is 0. The summed E-state index contributed by atoms with van der Waals surface area (Å²) in [5.41, 5.74) is 10.2. The SMILES string of the molecule is CCCCc1ccc(-c2ccc(N=Nc3cc(S(=O)(=O)O)c4ccccc4c3N)cn2)cc1. The number of nitrogens with zero attached hydrogens (tertiary/aromatic N) is 3. The third-order valence-electron chi connectivity index (χ3n) is 5.39. The average Bonchev–Trinajstić information content (AvgIpc) is 2.82. The Labute approximate surface area is 192 Å². The van der Waals surface area contributed by atoms with Crippen molar-refractivity contribution in [3.63, 3.8) is 0 Å². The standard InChI is InChI=1S/C25H24N4O3S/c1-2-3-6-17-9-11-18(12-10-17)22-14-13-19(16-27-22)28-29-23-15-24(33(30,31)32)20-7-4-5-8-21(20)25(23)26/h4-5,7-16H,2-3,6,26H2,1H3,(H,30,31,32). The minimum absolute atomic E-state index is 0.146.